The Morgan fingerprint density at radius 2 is 1.67 bits per heavy atom. The number of piperidine rings is 1. The number of aryl methyl sites for hydroxylation is 3. The largest absolute Gasteiger partial charge is 0.379 e. The summed E-state index contributed by atoms with van der Waals surface area (Å²) in [4.78, 5) is 15.3. The van der Waals surface area contributed by atoms with Gasteiger partial charge < -0.3 is 10.1 Å². The Kier molecular flexibility index (Phi) is 7.90. The van der Waals surface area contributed by atoms with Crippen LogP contribution in [0.15, 0.2) is 17.0 Å². The first-order valence-electron chi connectivity index (χ1n) is 10.9. The molecular formula is C22H35N3O4S. The predicted molar refractivity (Wildman–Crippen MR) is 117 cm³/mol. The van der Waals surface area contributed by atoms with Crippen molar-refractivity contribution in [2.24, 2.45) is 5.92 Å². The van der Waals surface area contributed by atoms with E-state index in [9.17, 15) is 13.2 Å². The average Bonchev–Trinajstić information content (AvgIpc) is 2.71. The van der Waals surface area contributed by atoms with Gasteiger partial charge in [0.15, 0.2) is 0 Å². The van der Waals surface area contributed by atoms with Gasteiger partial charge in [0.2, 0.25) is 15.9 Å². The first kappa shape index (κ1) is 23.2. The first-order valence-corrected chi connectivity index (χ1v) is 12.4. The van der Waals surface area contributed by atoms with Crippen molar-refractivity contribution in [2.45, 2.75) is 44.9 Å². The Hall–Kier alpha value is -1.48. The predicted octanol–water partition coefficient (Wildman–Crippen LogP) is 1.85. The third kappa shape index (κ3) is 5.60. The van der Waals surface area contributed by atoms with E-state index in [-0.39, 0.29) is 11.8 Å². The summed E-state index contributed by atoms with van der Waals surface area (Å²) in [6.45, 7) is 11.6. The van der Waals surface area contributed by atoms with E-state index in [1.54, 1.807) is 4.31 Å². The van der Waals surface area contributed by atoms with Crippen LogP contribution >= 0.6 is 0 Å². The fourth-order valence-electron chi connectivity index (χ4n) is 4.54. The molecule has 0 atom stereocenters. The van der Waals surface area contributed by atoms with Gasteiger partial charge in [-0.2, -0.15) is 4.31 Å². The Labute approximate surface area is 180 Å². The molecule has 2 aliphatic heterocycles. The molecule has 0 bridgehead atoms. The molecule has 30 heavy (non-hydrogen) atoms. The lowest BCUT2D eigenvalue weighted by molar-refractivity contribution is -0.126. The molecule has 0 radical (unpaired) electrons. The fourth-order valence-corrected chi connectivity index (χ4v) is 6.43. The van der Waals surface area contributed by atoms with E-state index in [0.29, 0.717) is 37.4 Å². The van der Waals surface area contributed by atoms with Crippen molar-refractivity contribution in [1.29, 1.82) is 0 Å². The minimum Gasteiger partial charge on any atom is -0.379 e. The number of hydrogen-bond donors (Lipinski definition) is 1. The maximum absolute atomic E-state index is 13.2. The van der Waals surface area contributed by atoms with Crippen LogP contribution in [-0.2, 0) is 19.6 Å². The molecule has 0 unspecified atom stereocenters. The Morgan fingerprint density at radius 3 is 2.27 bits per heavy atom. The molecule has 2 fully saturated rings. The van der Waals surface area contributed by atoms with E-state index in [1.165, 1.54) is 0 Å². The summed E-state index contributed by atoms with van der Waals surface area (Å²) in [5.74, 6) is -0.0585. The van der Waals surface area contributed by atoms with E-state index >= 15 is 0 Å². The monoisotopic (exact) mass is 437 g/mol. The van der Waals surface area contributed by atoms with Crippen molar-refractivity contribution in [2.75, 3.05) is 52.5 Å². The van der Waals surface area contributed by atoms with Crippen LogP contribution in [0.3, 0.4) is 0 Å². The standard InChI is InChI=1S/C22H35N3O4S/c1-17-15-18(2)21(19(3)16-17)30(27,28)25-9-5-20(6-10-25)22(26)23-7-4-8-24-11-13-29-14-12-24/h15-16,20H,4-14H2,1-3H3,(H,23,26). The Bertz CT molecular complexity index is 819. The maximum Gasteiger partial charge on any atom is 0.243 e. The van der Waals surface area contributed by atoms with Crippen molar-refractivity contribution in [3.05, 3.63) is 28.8 Å². The van der Waals surface area contributed by atoms with E-state index < -0.39 is 10.0 Å². The maximum atomic E-state index is 13.2. The molecule has 1 amide bonds. The van der Waals surface area contributed by atoms with Gasteiger partial charge in [0.05, 0.1) is 18.1 Å². The summed E-state index contributed by atoms with van der Waals surface area (Å²) in [7, 11) is -3.54. The number of carbonyl (C=O) groups excluding carboxylic acids is 1. The van der Waals surface area contributed by atoms with Crippen LogP contribution in [0.25, 0.3) is 0 Å². The van der Waals surface area contributed by atoms with Crippen molar-refractivity contribution in [3.8, 4) is 0 Å². The molecule has 0 spiro atoms. The van der Waals surface area contributed by atoms with Gasteiger partial charge >= 0.3 is 0 Å². The normalized spacial score (nSPS) is 19.7. The van der Waals surface area contributed by atoms with Crippen LogP contribution < -0.4 is 5.32 Å². The minimum atomic E-state index is -3.54. The van der Waals surface area contributed by atoms with Crippen molar-refractivity contribution in [1.82, 2.24) is 14.5 Å². The van der Waals surface area contributed by atoms with Crippen molar-refractivity contribution in [3.63, 3.8) is 0 Å². The third-order valence-electron chi connectivity index (χ3n) is 6.08. The number of sulfonamides is 1. The molecule has 0 saturated carbocycles. The zero-order valence-corrected chi connectivity index (χ0v) is 19.3. The van der Waals surface area contributed by atoms with Gasteiger partial charge in [-0.1, -0.05) is 17.7 Å². The first-order chi connectivity index (χ1) is 14.3. The fraction of sp³-hybridized carbons (Fsp3) is 0.682. The number of carbonyl (C=O) groups is 1. The molecule has 0 aromatic heterocycles. The molecular weight excluding hydrogens is 402 g/mol. The molecule has 3 rings (SSSR count). The average molecular weight is 438 g/mol. The molecule has 2 heterocycles. The number of benzene rings is 1. The smallest absolute Gasteiger partial charge is 0.243 e. The number of amides is 1. The van der Waals surface area contributed by atoms with E-state index in [0.717, 1.165) is 56.0 Å². The van der Waals surface area contributed by atoms with E-state index in [1.807, 2.05) is 32.9 Å². The number of morpholine rings is 1. The minimum absolute atomic E-state index is 0.0525. The van der Waals surface area contributed by atoms with Gasteiger partial charge in [0, 0.05) is 38.6 Å². The second kappa shape index (κ2) is 10.2. The highest BCUT2D eigenvalue weighted by molar-refractivity contribution is 7.89. The lowest BCUT2D eigenvalue weighted by Crippen LogP contribution is -2.43. The van der Waals surface area contributed by atoms with Gasteiger partial charge in [-0.15, -0.1) is 0 Å². The zero-order chi connectivity index (χ0) is 21.7. The summed E-state index contributed by atoms with van der Waals surface area (Å²) in [5, 5.41) is 3.04. The second-order valence-corrected chi connectivity index (χ2v) is 10.4. The molecule has 1 N–H and O–H groups in total. The molecule has 0 aliphatic carbocycles. The molecule has 1 aromatic rings. The highest BCUT2D eigenvalue weighted by atomic mass is 32.2. The SMILES string of the molecule is Cc1cc(C)c(S(=O)(=O)N2CCC(C(=O)NCCCN3CCOCC3)CC2)c(C)c1. The van der Waals surface area contributed by atoms with Crippen LogP contribution in [0.1, 0.15) is 36.0 Å². The molecule has 2 aliphatic rings. The molecule has 2 saturated heterocycles. The van der Waals surface area contributed by atoms with E-state index in [4.69, 9.17) is 4.74 Å². The van der Waals surface area contributed by atoms with Gasteiger partial charge in [-0.05, 0) is 57.7 Å². The number of nitrogens with zero attached hydrogens (tertiary/aromatic N) is 2. The van der Waals surface area contributed by atoms with Crippen LogP contribution in [0.5, 0.6) is 0 Å². The molecule has 7 nitrogen and oxygen atoms in total. The van der Waals surface area contributed by atoms with Crippen LogP contribution in [0.2, 0.25) is 0 Å². The number of rotatable bonds is 7. The van der Waals surface area contributed by atoms with Gasteiger partial charge in [0.1, 0.15) is 0 Å². The van der Waals surface area contributed by atoms with Crippen LogP contribution in [0.4, 0.5) is 0 Å². The van der Waals surface area contributed by atoms with Crippen LogP contribution in [0, 0.1) is 26.7 Å². The molecule has 168 valence electrons. The van der Waals surface area contributed by atoms with Crippen LogP contribution in [-0.4, -0.2) is 76.0 Å². The second-order valence-electron chi connectivity index (χ2n) is 8.50. The highest BCUT2D eigenvalue weighted by Crippen LogP contribution is 2.28. The summed E-state index contributed by atoms with van der Waals surface area (Å²) in [6, 6.07) is 3.83. The summed E-state index contributed by atoms with van der Waals surface area (Å²) >= 11 is 0. The summed E-state index contributed by atoms with van der Waals surface area (Å²) < 4.78 is 33.3. The van der Waals surface area contributed by atoms with Gasteiger partial charge in [-0.3, -0.25) is 9.69 Å². The number of hydrogen-bond acceptors (Lipinski definition) is 5. The molecule has 8 heteroatoms. The quantitative estimate of drug-likeness (QED) is 0.659. The number of ether oxygens (including phenoxy) is 1. The lowest BCUT2D eigenvalue weighted by Gasteiger charge is -2.31. The van der Waals surface area contributed by atoms with E-state index in [2.05, 4.69) is 10.2 Å². The van der Waals surface area contributed by atoms with Gasteiger partial charge in [-0.25, -0.2) is 8.42 Å². The zero-order valence-electron chi connectivity index (χ0n) is 18.4. The van der Waals surface area contributed by atoms with Gasteiger partial charge in [0.25, 0.3) is 0 Å². The summed E-state index contributed by atoms with van der Waals surface area (Å²) in [5.41, 5.74) is 2.63. The highest BCUT2D eigenvalue weighted by Gasteiger charge is 2.33. The lowest BCUT2D eigenvalue weighted by atomic mass is 9.97. The Morgan fingerprint density at radius 1 is 1.07 bits per heavy atom. The van der Waals surface area contributed by atoms with Crippen molar-refractivity contribution < 1.29 is 17.9 Å². The van der Waals surface area contributed by atoms with Crippen molar-refractivity contribution >= 4 is 15.9 Å². The molecule has 1 aromatic carbocycles. The topological polar surface area (TPSA) is 79.0 Å². The summed E-state index contributed by atoms with van der Waals surface area (Å²) in [6.07, 6.45) is 2.06. The number of nitrogens with one attached hydrogen (secondary N) is 1. The Balaban J connectivity index is 1.47. The third-order valence-corrected chi connectivity index (χ3v) is 8.29.